The number of anilines is 8. The number of hydrogen-bond donors (Lipinski definition) is 0. The van der Waals surface area contributed by atoms with Gasteiger partial charge in [0, 0.05) is 83.1 Å². The molecular weight excluding hydrogens is 1240 g/mol. The first-order valence-electron chi connectivity index (χ1n) is 35.8. The van der Waals surface area contributed by atoms with Crippen molar-refractivity contribution in [2.45, 2.75) is 77.0 Å². The minimum Gasteiger partial charge on any atom is -0.453 e. The van der Waals surface area contributed by atoms with Crippen LogP contribution < -0.4 is 29.1 Å². The third-order valence-corrected chi connectivity index (χ3v) is 24.0. The van der Waals surface area contributed by atoms with Crippen molar-refractivity contribution in [2.75, 3.05) is 47.8 Å². The first-order chi connectivity index (χ1) is 49.3. The standard InChI is InChI=1S/2C27H27N.2C21H15NO/c1-26(2)22-16-10-11-17-23(22)28(5)25-21-15-9-7-13-19(21)18-12-6-8-14-20(18)24(25)27(26,3)4;1-26(2)22-12-8-9-13-24(22)28(5)25-17-21-15-19-11-7-6-10-18(19)14-20(21)16-23(25)27(26,3)4;1-22-18-10-14-6-2-4-8-16(14)12-20(18)23-21-13-17-9-5-3-7-15(17)11-19(21)22;1-22-18-12-10-14-6-2-4-8-16(14)20(18)23-21-17-9-5-3-7-15(17)11-13-19(21)22/h2*6-17H,1-5H3;2*2-13H,1H3. The highest BCUT2D eigenvalue weighted by Crippen LogP contribution is 2.59. The molecule has 0 radical (unpaired) electrons. The monoisotopic (exact) mass is 1320 g/mol. The first kappa shape index (κ1) is 63.8. The van der Waals surface area contributed by atoms with Gasteiger partial charge in [0.25, 0.3) is 0 Å². The summed E-state index contributed by atoms with van der Waals surface area (Å²) in [6.07, 6.45) is 0. The zero-order chi connectivity index (χ0) is 70.1. The highest BCUT2D eigenvalue weighted by Gasteiger charge is 2.48. The van der Waals surface area contributed by atoms with E-state index in [0.29, 0.717) is 0 Å². The Kier molecular flexibility index (Phi) is 15.1. The van der Waals surface area contributed by atoms with Crippen molar-refractivity contribution in [3.05, 3.63) is 313 Å². The van der Waals surface area contributed by atoms with Crippen LogP contribution in [0, 0.1) is 0 Å². The molecule has 6 nitrogen and oxygen atoms in total. The van der Waals surface area contributed by atoms with Crippen molar-refractivity contribution in [2.24, 2.45) is 0 Å². The summed E-state index contributed by atoms with van der Waals surface area (Å²) >= 11 is 0. The van der Waals surface area contributed by atoms with E-state index in [4.69, 9.17) is 9.47 Å². The lowest BCUT2D eigenvalue weighted by molar-refractivity contribution is 0.307. The van der Waals surface area contributed by atoms with Gasteiger partial charge in [-0.25, -0.2) is 0 Å². The molecule has 16 aromatic carbocycles. The Labute approximate surface area is 598 Å². The normalized spacial score (nSPS) is 15.3. The van der Waals surface area contributed by atoms with Crippen LogP contribution in [0.4, 0.5) is 45.5 Å². The third kappa shape index (κ3) is 10.0. The zero-order valence-corrected chi connectivity index (χ0v) is 60.3. The fourth-order valence-electron chi connectivity index (χ4n) is 16.8. The molecule has 4 heterocycles. The molecule has 4 aliphatic heterocycles. The molecule has 0 amide bonds. The molecule has 4 aliphatic rings. The van der Waals surface area contributed by atoms with Gasteiger partial charge in [-0.3, -0.25) is 0 Å². The molecule has 16 aromatic rings. The second-order valence-electron chi connectivity index (χ2n) is 30.3. The molecule has 0 saturated carbocycles. The molecule has 20 rings (SSSR count). The second-order valence-corrected chi connectivity index (χ2v) is 30.3. The molecule has 0 bridgehead atoms. The average molecular weight is 1330 g/mol. The van der Waals surface area contributed by atoms with E-state index in [-0.39, 0.29) is 21.7 Å². The van der Waals surface area contributed by atoms with Crippen LogP contribution in [0.2, 0.25) is 0 Å². The Morgan fingerprint density at radius 3 is 1.05 bits per heavy atom. The number of nitrogens with zero attached hydrogens (tertiary/aromatic N) is 4. The molecule has 102 heavy (non-hydrogen) atoms. The minimum absolute atomic E-state index is 0.00757. The van der Waals surface area contributed by atoms with Crippen LogP contribution in [-0.4, -0.2) is 28.2 Å². The lowest BCUT2D eigenvalue weighted by Crippen LogP contribution is -2.39. The number of rotatable bonds is 0. The molecule has 0 aromatic heterocycles. The molecule has 0 aliphatic carbocycles. The fraction of sp³-hybridized carbons (Fsp3) is 0.167. The van der Waals surface area contributed by atoms with Gasteiger partial charge in [-0.15, -0.1) is 0 Å². The largest absolute Gasteiger partial charge is 0.453 e. The number of para-hydroxylation sites is 2. The summed E-state index contributed by atoms with van der Waals surface area (Å²) in [6, 6.07) is 104. The molecule has 0 atom stereocenters. The van der Waals surface area contributed by atoms with E-state index in [2.05, 4.69) is 394 Å². The maximum absolute atomic E-state index is 6.43. The van der Waals surface area contributed by atoms with Gasteiger partial charge in [0.2, 0.25) is 0 Å². The van der Waals surface area contributed by atoms with Gasteiger partial charge in [-0.05, 0) is 165 Å². The zero-order valence-electron chi connectivity index (χ0n) is 60.3. The lowest BCUT2D eigenvalue weighted by atomic mass is 9.60. The van der Waals surface area contributed by atoms with Crippen LogP contribution in [0.15, 0.2) is 291 Å². The summed E-state index contributed by atoms with van der Waals surface area (Å²) < 4.78 is 12.7. The van der Waals surface area contributed by atoms with Crippen molar-refractivity contribution in [3.63, 3.8) is 0 Å². The maximum Gasteiger partial charge on any atom is 0.159 e. The SMILES string of the molecule is CN1c2cc3ccccc3cc2Oc2cc3ccccc3cc21.CN1c2ccc3ccccc3c2Oc2c1ccc1ccccc21.CN1c2ccccc2C(C)(C)C(C)(C)c2c1c1ccccc1c1ccccc21.CN1c2ccccc2C(C)(C)C(C)(C)c2cc3cc4ccccc4cc3cc21. The quantitative estimate of drug-likeness (QED) is 0.111. The predicted octanol–water partition coefficient (Wildman–Crippen LogP) is 26.4. The van der Waals surface area contributed by atoms with Crippen molar-refractivity contribution in [1.29, 1.82) is 0 Å². The Balaban J connectivity index is 0.000000102. The second kappa shape index (κ2) is 24.1. The summed E-state index contributed by atoms with van der Waals surface area (Å²) in [4.78, 5) is 9.24. The molecule has 500 valence electrons. The number of fused-ring (bicyclic) bond motifs is 21. The lowest BCUT2D eigenvalue weighted by Gasteiger charge is -2.42. The van der Waals surface area contributed by atoms with Crippen LogP contribution in [-0.2, 0) is 21.7 Å². The Bertz CT molecular complexity index is 5900. The van der Waals surface area contributed by atoms with Gasteiger partial charge >= 0.3 is 0 Å². The van der Waals surface area contributed by atoms with Crippen LogP contribution in [0.3, 0.4) is 0 Å². The summed E-state index contributed by atoms with van der Waals surface area (Å²) in [5, 5.41) is 20.1. The molecule has 0 spiro atoms. The van der Waals surface area contributed by atoms with Crippen molar-refractivity contribution in [1.82, 2.24) is 0 Å². The summed E-state index contributed by atoms with van der Waals surface area (Å²) in [6.45, 7) is 19.2. The maximum atomic E-state index is 6.43. The van der Waals surface area contributed by atoms with Gasteiger partial charge in [0.15, 0.2) is 23.0 Å². The van der Waals surface area contributed by atoms with E-state index in [1.807, 2.05) is 0 Å². The topological polar surface area (TPSA) is 31.4 Å². The summed E-state index contributed by atoms with van der Waals surface area (Å²) in [5.41, 5.74) is 15.3. The van der Waals surface area contributed by atoms with Crippen LogP contribution in [0.1, 0.15) is 77.6 Å². The molecule has 0 N–H and O–H groups in total. The van der Waals surface area contributed by atoms with Gasteiger partial charge in [0.05, 0.1) is 28.4 Å². The van der Waals surface area contributed by atoms with Crippen molar-refractivity contribution >= 4 is 132 Å². The molecule has 6 heteroatoms. The van der Waals surface area contributed by atoms with E-state index in [1.54, 1.807) is 0 Å². The Hall–Kier alpha value is -11.6. The van der Waals surface area contributed by atoms with E-state index in [1.165, 1.54) is 120 Å². The fourth-order valence-corrected chi connectivity index (χ4v) is 16.8. The molecular formula is C96H84N4O2. The van der Waals surface area contributed by atoms with Crippen molar-refractivity contribution < 1.29 is 9.47 Å². The Morgan fingerprint density at radius 1 is 0.216 bits per heavy atom. The van der Waals surface area contributed by atoms with Gasteiger partial charge < -0.3 is 29.1 Å². The summed E-state index contributed by atoms with van der Waals surface area (Å²) in [5.74, 6) is 3.70. The van der Waals surface area contributed by atoms with E-state index in [0.717, 1.165) is 56.5 Å². The van der Waals surface area contributed by atoms with Crippen molar-refractivity contribution in [3.8, 4) is 23.0 Å². The van der Waals surface area contributed by atoms with E-state index >= 15 is 0 Å². The van der Waals surface area contributed by atoms with Gasteiger partial charge in [-0.1, -0.05) is 274 Å². The Morgan fingerprint density at radius 2 is 0.549 bits per heavy atom. The predicted molar refractivity (Wildman–Crippen MR) is 436 cm³/mol. The number of hydrogen-bond acceptors (Lipinski definition) is 6. The average Bonchev–Trinajstić information content (AvgIpc) is 1.47. The number of benzene rings is 16. The van der Waals surface area contributed by atoms with Crippen LogP contribution in [0.25, 0.3) is 86.2 Å². The molecule has 0 saturated heterocycles. The third-order valence-electron chi connectivity index (χ3n) is 24.0. The van der Waals surface area contributed by atoms with E-state index < -0.39 is 0 Å². The molecule has 0 unspecified atom stereocenters. The van der Waals surface area contributed by atoms with E-state index in [9.17, 15) is 0 Å². The number of ether oxygens (including phenoxy) is 2. The van der Waals surface area contributed by atoms with Gasteiger partial charge in [0.1, 0.15) is 0 Å². The van der Waals surface area contributed by atoms with Crippen LogP contribution in [0.5, 0.6) is 23.0 Å². The van der Waals surface area contributed by atoms with Crippen LogP contribution >= 0.6 is 0 Å². The smallest absolute Gasteiger partial charge is 0.159 e. The summed E-state index contributed by atoms with van der Waals surface area (Å²) in [7, 11) is 8.64. The highest BCUT2D eigenvalue weighted by molar-refractivity contribution is 6.17. The van der Waals surface area contributed by atoms with Gasteiger partial charge in [-0.2, -0.15) is 0 Å². The highest BCUT2D eigenvalue weighted by atomic mass is 16.5. The minimum atomic E-state index is -0.0488. The first-order valence-corrected chi connectivity index (χ1v) is 35.8. The molecule has 0 fully saturated rings.